The molecule has 3 aromatic rings. The number of carboxylic acid groups (broad SMARTS) is 1. The third-order valence-corrected chi connectivity index (χ3v) is 5.73. The summed E-state index contributed by atoms with van der Waals surface area (Å²) in [6.45, 7) is 0. The molecule has 0 saturated carbocycles. The molecular formula is C22H22O3S. The molecule has 3 nitrogen and oxygen atoms in total. The first-order valence-electron chi connectivity index (χ1n) is 8.74. The molecule has 2 N–H and O–H groups in total. The highest BCUT2D eigenvalue weighted by Gasteiger charge is 2.23. The Hall–Kier alpha value is -2.30. The van der Waals surface area contributed by atoms with Gasteiger partial charge in [0.15, 0.2) is 0 Å². The van der Waals surface area contributed by atoms with Crippen LogP contribution < -0.4 is 0 Å². The highest BCUT2D eigenvalue weighted by atomic mass is 32.2. The Bertz CT molecular complexity index is 863. The predicted molar refractivity (Wildman–Crippen MR) is 106 cm³/mol. The number of carboxylic acids is 1. The molecular weight excluding hydrogens is 344 g/mol. The highest BCUT2D eigenvalue weighted by Crippen LogP contribution is 2.40. The summed E-state index contributed by atoms with van der Waals surface area (Å²) >= 11 is 1.62. The first-order valence-corrected chi connectivity index (χ1v) is 9.62. The Kier molecular flexibility index (Phi) is 6.31. The van der Waals surface area contributed by atoms with Gasteiger partial charge in [0.1, 0.15) is 0 Å². The van der Waals surface area contributed by atoms with Crippen molar-refractivity contribution in [3.05, 3.63) is 78.4 Å². The molecule has 0 fully saturated rings. The second-order valence-electron chi connectivity index (χ2n) is 6.31. The van der Waals surface area contributed by atoms with Gasteiger partial charge in [0.05, 0.1) is 11.4 Å². The summed E-state index contributed by atoms with van der Waals surface area (Å²) in [5, 5.41) is 21.8. The molecule has 0 heterocycles. The molecule has 0 aromatic heterocycles. The molecule has 0 amide bonds. The average molecular weight is 366 g/mol. The van der Waals surface area contributed by atoms with Gasteiger partial charge in [-0.25, -0.2) is 0 Å². The number of aliphatic hydroxyl groups is 1. The number of hydrogen-bond donors (Lipinski definition) is 2. The van der Waals surface area contributed by atoms with E-state index in [4.69, 9.17) is 5.11 Å². The third-order valence-electron chi connectivity index (χ3n) is 4.35. The van der Waals surface area contributed by atoms with Crippen molar-refractivity contribution in [3.63, 3.8) is 0 Å². The molecule has 0 aliphatic rings. The zero-order valence-corrected chi connectivity index (χ0v) is 15.2. The molecule has 2 atom stereocenters. The molecule has 26 heavy (non-hydrogen) atoms. The third kappa shape index (κ3) is 4.87. The number of aliphatic carboxylic acids is 1. The van der Waals surface area contributed by atoms with Crippen LogP contribution in [0.5, 0.6) is 0 Å². The van der Waals surface area contributed by atoms with Crippen molar-refractivity contribution in [1.29, 1.82) is 0 Å². The van der Waals surface area contributed by atoms with Crippen LogP contribution in [0.15, 0.2) is 77.7 Å². The van der Waals surface area contributed by atoms with Crippen LogP contribution in [0.3, 0.4) is 0 Å². The first kappa shape index (κ1) is 18.5. The SMILES string of the molecule is O=C(O)CCC[C@@H](O)[C@@H](Sc1ccccc1)c1ccc2ccccc2c1. The van der Waals surface area contributed by atoms with Crippen LogP contribution in [-0.4, -0.2) is 22.3 Å². The van der Waals surface area contributed by atoms with E-state index in [1.165, 1.54) is 5.39 Å². The van der Waals surface area contributed by atoms with Crippen LogP contribution in [0, 0.1) is 0 Å². The number of hydrogen-bond acceptors (Lipinski definition) is 3. The van der Waals surface area contributed by atoms with Gasteiger partial charge >= 0.3 is 5.97 Å². The Morgan fingerprint density at radius 2 is 1.62 bits per heavy atom. The predicted octanol–water partition coefficient (Wildman–Crippen LogP) is 5.29. The lowest BCUT2D eigenvalue weighted by atomic mass is 9.99. The Balaban J connectivity index is 1.86. The summed E-state index contributed by atoms with van der Waals surface area (Å²) in [5.41, 5.74) is 1.06. The lowest BCUT2D eigenvalue weighted by Gasteiger charge is -2.23. The zero-order chi connectivity index (χ0) is 18.4. The summed E-state index contributed by atoms with van der Waals surface area (Å²) in [7, 11) is 0. The van der Waals surface area contributed by atoms with Gasteiger partial charge in [0, 0.05) is 11.3 Å². The van der Waals surface area contributed by atoms with Crippen molar-refractivity contribution in [2.45, 2.75) is 35.5 Å². The molecule has 0 unspecified atom stereocenters. The highest BCUT2D eigenvalue weighted by molar-refractivity contribution is 7.99. The normalized spacial score (nSPS) is 13.4. The van der Waals surface area contributed by atoms with Gasteiger partial charge in [-0.3, -0.25) is 4.79 Å². The summed E-state index contributed by atoms with van der Waals surface area (Å²) in [6.07, 6.45) is 0.401. The maximum atomic E-state index is 10.8. The maximum Gasteiger partial charge on any atom is 0.303 e. The Morgan fingerprint density at radius 1 is 0.923 bits per heavy atom. The van der Waals surface area contributed by atoms with Crippen molar-refractivity contribution in [1.82, 2.24) is 0 Å². The molecule has 134 valence electrons. The van der Waals surface area contributed by atoms with Crippen LogP contribution in [0.25, 0.3) is 10.8 Å². The van der Waals surface area contributed by atoms with E-state index in [9.17, 15) is 9.90 Å². The molecule has 0 aliphatic carbocycles. The maximum absolute atomic E-state index is 10.8. The molecule has 4 heteroatoms. The Morgan fingerprint density at radius 3 is 2.35 bits per heavy atom. The number of rotatable bonds is 8. The van der Waals surface area contributed by atoms with Gasteiger partial charge in [-0.2, -0.15) is 0 Å². The van der Waals surface area contributed by atoms with E-state index in [0.717, 1.165) is 15.8 Å². The first-order chi connectivity index (χ1) is 12.6. The van der Waals surface area contributed by atoms with Gasteiger partial charge in [-0.1, -0.05) is 54.6 Å². The van der Waals surface area contributed by atoms with Gasteiger partial charge in [0.25, 0.3) is 0 Å². The minimum absolute atomic E-state index is 0.0809. The average Bonchev–Trinajstić information content (AvgIpc) is 2.66. The van der Waals surface area contributed by atoms with Crippen LogP contribution in [0.4, 0.5) is 0 Å². The van der Waals surface area contributed by atoms with Crippen molar-refractivity contribution >= 4 is 28.5 Å². The fourth-order valence-corrected chi connectivity index (χ4v) is 4.20. The molecule has 0 spiro atoms. The fourth-order valence-electron chi connectivity index (χ4n) is 3.01. The fraction of sp³-hybridized carbons (Fsp3) is 0.227. The van der Waals surface area contributed by atoms with Crippen LogP contribution in [-0.2, 0) is 4.79 Å². The minimum atomic E-state index is -0.824. The lowest BCUT2D eigenvalue weighted by molar-refractivity contribution is -0.137. The molecule has 0 bridgehead atoms. The number of fused-ring (bicyclic) bond motifs is 1. The van der Waals surface area contributed by atoms with E-state index in [2.05, 4.69) is 30.3 Å². The topological polar surface area (TPSA) is 57.5 Å². The van der Waals surface area contributed by atoms with Gasteiger partial charge in [-0.15, -0.1) is 11.8 Å². The van der Waals surface area contributed by atoms with Gasteiger partial charge in [0.2, 0.25) is 0 Å². The zero-order valence-electron chi connectivity index (χ0n) is 14.4. The largest absolute Gasteiger partial charge is 0.481 e. The summed E-state index contributed by atoms with van der Waals surface area (Å²) in [5.74, 6) is -0.824. The van der Waals surface area contributed by atoms with Crippen molar-refractivity contribution in [2.75, 3.05) is 0 Å². The van der Waals surface area contributed by atoms with Crippen LogP contribution in [0.1, 0.15) is 30.1 Å². The lowest BCUT2D eigenvalue weighted by Crippen LogP contribution is -2.16. The molecule has 3 rings (SSSR count). The number of aliphatic hydroxyl groups excluding tert-OH is 1. The van der Waals surface area contributed by atoms with E-state index in [1.807, 2.05) is 42.5 Å². The number of thioether (sulfide) groups is 1. The van der Waals surface area contributed by atoms with E-state index < -0.39 is 12.1 Å². The summed E-state index contributed by atoms with van der Waals surface area (Å²) in [4.78, 5) is 11.9. The quantitative estimate of drug-likeness (QED) is 0.532. The number of carbonyl (C=O) groups is 1. The second-order valence-corrected chi connectivity index (χ2v) is 7.53. The Labute approximate surface area is 157 Å². The van der Waals surface area contributed by atoms with Gasteiger partial charge < -0.3 is 10.2 Å². The van der Waals surface area contributed by atoms with E-state index in [-0.39, 0.29) is 11.7 Å². The minimum Gasteiger partial charge on any atom is -0.481 e. The van der Waals surface area contributed by atoms with E-state index in [0.29, 0.717) is 12.8 Å². The van der Waals surface area contributed by atoms with E-state index >= 15 is 0 Å². The standard InChI is InChI=1S/C22H22O3S/c23-20(11-6-12-21(24)25)22(26-19-9-2-1-3-10-19)18-14-13-16-7-4-5-8-17(16)15-18/h1-5,7-10,13-15,20,22-23H,6,11-12H2,(H,24,25)/t20-,22+/m1/s1. The molecule has 0 aliphatic heterocycles. The van der Waals surface area contributed by atoms with E-state index in [1.54, 1.807) is 11.8 Å². The number of benzene rings is 3. The smallest absolute Gasteiger partial charge is 0.303 e. The summed E-state index contributed by atoms with van der Waals surface area (Å²) < 4.78 is 0. The molecule has 3 aromatic carbocycles. The van der Waals surface area contributed by atoms with Crippen LogP contribution >= 0.6 is 11.8 Å². The monoisotopic (exact) mass is 366 g/mol. The van der Waals surface area contributed by atoms with Crippen molar-refractivity contribution in [3.8, 4) is 0 Å². The molecule has 0 saturated heterocycles. The molecule has 0 radical (unpaired) electrons. The van der Waals surface area contributed by atoms with Crippen molar-refractivity contribution in [2.24, 2.45) is 0 Å². The van der Waals surface area contributed by atoms with Gasteiger partial charge in [-0.05, 0) is 47.4 Å². The summed E-state index contributed by atoms with van der Waals surface area (Å²) in [6, 6.07) is 24.4. The van der Waals surface area contributed by atoms with Crippen LogP contribution in [0.2, 0.25) is 0 Å². The van der Waals surface area contributed by atoms with Crippen molar-refractivity contribution < 1.29 is 15.0 Å². The second kappa shape index (κ2) is 8.88.